The lowest BCUT2D eigenvalue weighted by atomic mass is 10.0. The van der Waals surface area contributed by atoms with Crippen LogP contribution in [0.25, 0.3) is 0 Å². The molecule has 0 saturated heterocycles. The molecule has 0 fully saturated rings. The lowest BCUT2D eigenvalue weighted by molar-refractivity contribution is -0.870. The summed E-state index contributed by atoms with van der Waals surface area (Å²) in [5.41, 5.74) is 0. The normalized spacial score (nSPS) is 14.0. The van der Waals surface area contributed by atoms with Gasteiger partial charge in [0.05, 0.1) is 27.7 Å². The molecule has 0 spiro atoms. The van der Waals surface area contributed by atoms with Crippen LogP contribution in [-0.2, 0) is 32.7 Å². The van der Waals surface area contributed by atoms with Crippen LogP contribution in [0.1, 0.15) is 309 Å². The minimum absolute atomic E-state index is 0.0193. The number of hydrogen-bond donors (Lipinski definition) is 1. The van der Waals surface area contributed by atoms with Crippen molar-refractivity contribution < 1.29 is 42.1 Å². The van der Waals surface area contributed by atoms with Crippen LogP contribution >= 0.6 is 7.82 Å². The largest absolute Gasteiger partial charge is 0.472 e. The summed E-state index contributed by atoms with van der Waals surface area (Å²) < 4.78 is 34.8. The fraction of sp³-hybridized carbons (Fsp3) is 0.651. The molecule has 0 amide bonds. The summed E-state index contributed by atoms with van der Waals surface area (Å²) in [6, 6.07) is 0. The molecule has 0 aliphatic heterocycles. The Morgan fingerprint density at radius 2 is 0.562 bits per heavy atom. The molecule has 0 aromatic carbocycles. The molecule has 96 heavy (non-hydrogen) atoms. The number of hydrogen-bond acceptors (Lipinski definition) is 7. The minimum atomic E-state index is -4.41. The fourth-order valence-electron chi connectivity index (χ4n) is 10.4. The first-order valence-electron chi connectivity index (χ1n) is 38.9. The third-order valence-corrected chi connectivity index (χ3v) is 17.2. The van der Waals surface area contributed by atoms with Crippen molar-refractivity contribution in [3.63, 3.8) is 0 Å². The van der Waals surface area contributed by atoms with Crippen LogP contribution in [0.3, 0.4) is 0 Å². The number of allylic oxidation sites excluding steroid dienone is 28. The van der Waals surface area contributed by atoms with Crippen LogP contribution in [-0.4, -0.2) is 74.9 Å². The molecule has 2 atom stereocenters. The molecular weight excluding hydrogens is 1210 g/mol. The van der Waals surface area contributed by atoms with Crippen LogP contribution in [0.4, 0.5) is 0 Å². The highest BCUT2D eigenvalue weighted by molar-refractivity contribution is 7.47. The molecule has 0 aromatic rings. The summed E-state index contributed by atoms with van der Waals surface area (Å²) in [5, 5.41) is 0. The highest BCUT2D eigenvalue weighted by atomic mass is 31.2. The molecule has 9 nitrogen and oxygen atoms in total. The molecule has 0 bridgehead atoms. The number of ether oxygens (including phenoxy) is 2. The predicted octanol–water partition coefficient (Wildman–Crippen LogP) is 26.1. The second-order valence-corrected chi connectivity index (χ2v) is 28.1. The number of phosphoric ester groups is 1. The van der Waals surface area contributed by atoms with Gasteiger partial charge in [0.2, 0.25) is 0 Å². The van der Waals surface area contributed by atoms with E-state index in [-0.39, 0.29) is 32.0 Å². The van der Waals surface area contributed by atoms with E-state index in [9.17, 15) is 19.0 Å². The summed E-state index contributed by atoms with van der Waals surface area (Å²) in [6.45, 7) is 4.19. The van der Waals surface area contributed by atoms with E-state index in [4.69, 9.17) is 18.5 Å². The van der Waals surface area contributed by atoms with Gasteiger partial charge < -0.3 is 18.9 Å². The number of esters is 2. The topological polar surface area (TPSA) is 108 Å². The summed E-state index contributed by atoms with van der Waals surface area (Å²) in [5.74, 6) is -0.827. The van der Waals surface area contributed by atoms with Crippen LogP contribution in [0.2, 0.25) is 0 Å². The lowest BCUT2D eigenvalue weighted by Gasteiger charge is -2.24. The van der Waals surface area contributed by atoms with E-state index >= 15 is 0 Å². The van der Waals surface area contributed by atoms with Gasteiger partial charge in [0.1, 0.15) is 19.8 Å². The number of carbonyl (C=O) groups excluding carboxylic acids is 2. The molecule has 1 N–H and O–H groups in total. The van der Waals surface area contributed by atoms with E-state index in [0.29, 0.717) is 17.4 Å². The first-order valence-corrected chi connectivity index (χ1v) is 40.4. The van der Waals surface area contributed by atoms with E-state index in [1.807, 2.05) is 21.1 Å². The van der Waals surface area contributed by atoms with E-state index < -0.39 is 26.5 Å². The number of phosphoric acid groups is 1. The Hall–Kier alpha value is -4.63. The van der Waals surface area contributed by atoms with E-state index in [1.165, 1.54) is 141 Å². The third kappa shape index (κ3) is 78.4. The molecule has 0 radical (unpaired) electrons. The van der Waals surface area contributed by atoms with Crippen molar-refractivity contribution in [3.05, 3.63) is 170 Å². The maximum absolute atomic E-state index is 12.9. The zero-order valence-electron chi connectivity index (χ0n) is 62.3. The van der Waals surface area contributed by atoms with Gasteiger partial charge in [-0.25, -0.2) is 4.57 Å². The average molecular weight is 1350 g/mol. The average Bonchev–Trinajstić information content (AvgIpc) is 2.74. The van der Waals surface area contributed by atoms with Gasteiger partial charge in [-0.15, -0.1) is 0 Å². The molecule has 0 aliphatic rings. The summed E-state index contributed by atoms with van der Waals surface area (Å²) in [4.78, 5) is 36.0. The highest BCUT2D eigenvalue weighted by Crippen LogP contribution is 2.43. The van der Waals surface area contributed by atoms with E-state index in [0.717, 1.165) is 135 Å². The van der Waals surface area contributed by atoms with Crippen LogP contribution in [0.5, 0.6) is 0 Å². The lowest BCUT2D eigenvalue weighted by Crippen LogP contribution is -2.37. The zero-order valence-corrected chi connectivity index (χ0v) is 63.2. The number of likely N-dealkylation sites (N-methyl/N-ethyl adjacent to an activating group) is 1. The Morgan fingerprint density at radius 3 is 0.833 bits per heavy atom. The van der Waals surface area contributed by atoms with Crippen molar-refractivity contribution in [2.45, 2.75) is 315 Å². The smallest absolute Gasteiger partial charge is 0.462 e. The Bertz CT molecular complexity index is 2230. The number of carbonyl (C=O) groups is 2. The van der Waals surface area contributed by atoms with Gasteiger partial charge in [-0.1, -0.05) is 338 Å². The molecule has 0 saturated carbocycles. The van der Waals surface area contributed by atoms with Crippen molar-refractivity contribution in [2.75, 3.05) is 47.5 Å². The minimum Gasteiger partial charge on any atom is -0.462 e. The maximum Gasteiger partial charge on any atom is 0.472 e. The molecule has 10 heteroatoms. The van der Waals surface area contributed by atoms with Crippen molar-refractivity contribution in [1.29, 1.82) is 0 Å². The number of nitrogens with zero attached hydrogens (tertiary/aromatic N) is 1. The number of rotatable bonds is 70. The first-order chi connectivity index (χ1) is 47.0. The Morgan fingerprint density at radius 1 is 0.323 bits per heavy atom. The Labute approximate surface area is 591 Å². The van der Waals surface area contributed by atoms with Gasteiger partial charge in [0.25, 0.3) is 0 Å². The standard InChI is InChI=1S/C86H144NO8P/c1-6-8-10-12-14-16-18-20-22-24-26-28-30-32-34-36-38-40-42-43-45-46-48-50-52-54-56-58-60-62-64-66-68-70-72-74-76-78-85(88)92-82-84(83-94-96(90,91)93-81-80-87(3,4)5)95-86(89)79-77-75-73-71-69-67-65-63-61-59-57-55-53-51-49-47-44-41-39-37-35-33-31-29-27-25-23-21-19-17-15-13-11-9-7-2/h8-11,14-17,20-23,26-29,33,35,39,41,47,49,53,55,59,61,65,67,84H,6-7,12-13,18-19,24-25,30-32,34,36-38,40,42-46,48,50-52,54,56-58,60,62-64,66,68-83H2,1-5H3/p+1/b10-8-,11-9-,16-14-,17-15-,22-20-,23-21-,28-26-,29-27-,35-33-,41-39-,49-47-,55-53-,61-59-,67-65-. The summed E-state index contributed by atoms with van der Waals surface area (Å²) >= 11 is 0. The second-order valence-electron chi connectivity index (χ2n) is 26.6. The number of quaternary nitrogens is 1. The van der Waals surface area contributed by atoms with Crippen LogP contribution < -0.4 is 0 Å². The third-order valence-electron chi connectivity index (χ3n) is 16.2. The zero-order chi connectivity index (χ0) is 69.7. The molecule has 0 rings (SSSR count). The Kier molecular flexibility index (Phi) is 71.0. The highest BCUT2D eigenvalue weighted by Gasteiger charge is 2.27. The predicted molar refractivity (Wildman–Crippen MR) is 417 cm³/mol. The van der Waals surface area contributed by atoms with Gasteiger partial charge in [-0.05, 0) is 128 Å². The van der Waals surface area contributed by atoms with Crippen LogP contribution in [0, 0.1) is 0 Å². The van der Waals surface area contributed by atoms with Gasteiger partial charge in [-0.2, -0.15) is 0 Å². The van der Waals surface area contributed by atoms with Crippen molar-refractivity contribution >= 4 is 19.8 Å². The monoisotopic (exact) mass is 1350 g/mol. The molecular formula is C86H145NO8P+. The van der Waals surface area contributed by atoms with Crippen molar-refractivity contribution in [2.24, 2.45) is 0 Å². The molecule has 0 aliphatic carbocycles. The quantitative estimate of drug-likeness (QED) is 0.0211. The fourth-order valence-corrected chi connectivity index (χ4v) is 11.1. The summed E-state index contributed by atoms with van der Waals surface area (Å²) in [6.07, 6.45) is 113. The van der Waals surface area contributed by atoms with Crippen molar-refractivity contribution in [1.82, 2.24) is 0 Å². The van der Waals surface area contributed by atoms with Gasteiger partial charge in [0, 0.05) is 12.8 Å². The first kappa shape index (κ1) is 91.4. The summed E-state index contributed by atoms with van der Waals surface area (Å²) in [7, 11) is 1.45. The maximum atomic E-state index is 12.9. The number of unbranched alkanes of at least 4 members (excludes halogenated alkanes) is 28. The SMILES string of the molecule is CC/C=C\C/C=C\C/C=C\C/C=C\C/C=C\C/C=C\C/C=C\C/C=C\C/C=C\C/C=C\CCCCCCC(=O)OC(COC(=O)CCCCCCCCCCCCCCCCCCCCCCCCCC/C=C\C/C=C\C/C=C\C/C=C\CC)COP(=O)(O)OCC[N+](C)(C)C. The molecule has 546 valence electrons. The van der Waals surface area contributed by atoms with E-state index in [2.05, 4.69) is 184 Å². The molecule has 2 unspecified atom stereocenters. The van der Waals surface area contributed by atoms with E-state index in [1.54, 1.807) is 0 Å². The van der Waals surface area contributed by atoms with Crippen LogP contribution in [0.15, 0.2) is 170 Å². The van der Waals surface area contributed by atoms with Gasteiger partial charge >= 0.3 is 19.8 Å². The second kappa shape index (κ2) is 74.6. The Balaban J connectivity index is 4.07. The van der Waals surface area contributed by atoms with Crippen molar-refractivity contribution in [3.8, 4) is 0 Å². The van der Waals surface area contributed by atoms with Gasteiger partial charge in [-0.3, -0.25) is 18.6 Å². The van der Waals surface area contributed by atoms with Gasteiger partial charge in [0.15, 0.2) is 6.10 Å². The molecule has 0 heterocycles. The molecule has 0 aromatic heterocycles.